The van der Waals surface area contributed by atoms with Gasteiger partial charge in [0.15, 0.2) is 10.9 Å². The van der Waals surface area contributed by atoms with E-state index in [1.165, 1.54) is 17.8 Å². The maximum absolute atomic E-state index is 14.0. The van der Waals surface area contributed by atoms with Gasteiger partial charge in [0.05, 0.1) is 10.5 Å². The molecular weight excluding hydrogens is 400 g/mol. The van der Waals surface area contributed by atoms with E-state index >= 15 is 0 Å². The van der Waals surface area contributed by atoms with Crippen LogP contribution in [0, 0.1) is 18.6 Å². The summed E-state index contributed by atoms with van der Waals surface area (Å²) >= 11 is 2.57. The molecule has 0 spiro atoms. The van der Waals surface area contributed by atoms with Crippen LogP contribution >= 0.6 is 23.1 Å². The first-order valence-electron chi connectivity index (χ1n) is 8.73. The summed E-state index contributed by atoms with van der Waals surface area (Å²) in [6.07, 6.45) is 0. The molecule has 0 radical (unpaired) electrons. The lowest BCUT2D eigenvalue weighted by Gasteiger charge is -2.21. The first-order chi connectivity index (χ1) is 13.3. The molecule has 0 N–H and O–H groups in total. The number of hydrogen-bond donors (Lipinski definition) is 0. The number of aromatic nitrogens is 1. The summed E-state index contributed by atoms with van der Waals surface area (Å²) in [5.41, 5.74) is 1.25. The fourth-order valence-electron chi connectivity index (χ4n) is 2.55. The molecule has 0 fully saturated rings. The molecule has 2 aromatic carbocycles. The van der Waals surface area contributed by atoms with Gasteiger partial charge in [-0.3, -0.25) is 9.69 Å². The Bertz CT molecular complexity index is 973. The highest BCUT2D eigenvalue weighted by Crippen LogP contribution is 2.32. The van der Waals surface area contributed by atoms with E-state index < -0.39 is 11.6 Å². The third-order valence-corrected chi connectivity index (χ3v) is 6.11. The monoisotopic (exact) mass is 421 g/mol. The van der Waals surface area contributed by atoms with Gasteiger partial charge in [0, 0.05) is 24.1 Å². The van der Waals surface area contributed by atoms with Gasteiger partial charge in [-0.05, 0) is 39.2 Å². The number of carbonyl (C=O) groups excluding carboxylic acids is 1. The van der Waals surface area contributed by atoms with Crippen LogP contribution in [0.4, 0.5) is 13.9 Å². The normalized spacial score (nSPS) is 11.4. The zero-order chi connectivity index (χ0) is 20.3. The van der Waals surface area contributed by atoms with Crippen LogP contribution in [0.1, 0.15) is 5.56 Å². The number of rotatable bonds is 7. The Balaban J connectivity index is 1.82. The van der Waals surface area contributed by atoms with Crippen LogP contribution < -0.4 is 4.90 Å². The summed E-state index contributed by atoms with van der Waals surface area (Å²) < 4.78 is 27.9. The molecule has 1 amide bonds. The molecular formula is C20H21F2N3OS2. The number of carbonyl (C=O) groups is 1. The van der Waals surface area contributed by atoms with Gasteiger partial charge in [-0.1, -0.05) is 29.0 Å². The summed E-state index contributed by atoms with van der Waals surface area (Å²) in [7, 11) is 3.83. The number of amides is 1. The predicted octanol–water partition coefficient (Wildman–Crippen LogP) is 4.57. The van der Waals surface area contributed by atoms with E-state index in [9.17, 15) is 13.6 Å². The third kappa shape index (κ3) is 5.06. The highest BCUT2D eigenvalue weighted by molar-refractivity contribution is 8.00. The van der Waals surface area contributed by atoms with Crippen LogP contribution in [0.15, 0.2) is 41.3 Å². The summed E-state index contributed by atoms with van der Waals surface area (Å²) in [6, 6.07) is 10.0. The predicted molar refractivity (Wildman–Crippen MR) is 112 cm³/mol. The standard InChI is InChI=1S/C20H21F2N3OS2/c1-13-4-6-15(7-5-13)27-12-18(26)25(9-8-24(2)3)20-23-19-16(22)10-14(21)11-17(19)28-20/h4-7,10-11H,8-9,12H2,1-3H3. The van der Waals surface area contributed by atoms with Crippen LogP contribution in [-0.2, 0) is 4.79 Å². The van der Waals surface area contributed by atoms with E-state index in [2.05, 4.69) is 4.98 Å². The molecule has 8 heteroatoms. The van der Waals surface area contributed by atoms with Crippen molar-refractivity contribution in [3.05, 3.63) is 53.6 Å². The maximum atomic E-state index is 14.0. The number of likely N-dealkylation sites (N-methyl/N-ethyl adjacent to an activating group) is 1. The number of thioether (sulfide) groups is 1. The van der Waals surface area contributed by atoms with Crippen molar-refractivity contribution in [3.63, 3.8) is 0 Å². The second kappa shape index (κ2) is 8.98. The fourth-order valence-corrected chi connectivity index (χ4v) is 4.37. The Hall–Kier alpha value is -2.03. The Kier molecular flexibility index (Phi) is 6.64. The summed E-state index contributed by atoms with van der Waals surface area (Å²) in [5, 5.41) is 0.385. The van der Waals surface area contributed by atoms with Crippen LogP contribution in [0.5, 0.6) is 0 Å². The number of thiazole rings is 1. The van der Waals surface area contributed by atoms with Crippen molar-refractivity contribution in [1.29, 1.82) is 0 Å². The lowest BCUT2D eigenvalue weighted by molar-refractivity contribution is -0.116. The summed E-state index contributed by atoms with van der Waals surface area (Å²) in [4.78, 5) is 21.7. The molecule has 4 nitrogen and oxygen atoms in total. The smallest absolute Gasteiger partial charge is 0.239 e. The second-order valence-corrected chi connectivity index (χ2v) is 8.74. The number of fused-ring (bicyclic) bond motifs is 1. The van der Waals surface area contributed by atoms with Gasteiger partial charge in [0.2, 0.25) is 5.91 Å². The first kappa shape index (κ1) is 20.7. The number of halogens is 2. The molecule has 1 aromatic heterocycles. The van der Waals surface area contributed by atoms with E-state index in [1.54, 1.807) is 4.90 Å². The van der Waals surface area contributed by atoms with Crippen LogP contribution in [-0.4, -0.2) is 48.7 Å². The quantitative estimate of drug-likeness (QED) is 0.524. The van der Waals surface area contributed by atoms with E-state index in [1.807, 2.05) is 50.2 Å². The molecule has 0 aliphatic heterocycles. The summed E-state index contributed by atoms with van der Waals surface area (Å²) in [5.74, 6) is -1.25. The molecule has 1 heterocycles. The molecule has 3 aromatic rings. The Morgan fingerprint density at radius 2 is 1.86 bits per heavy atom. The van der Waals surface area contributed by atoms with Crippen molar-refractivity contribution in [2.75, 3.05) is 37.8 Å². The zero-order valence-corrected chi connectivity index (χ0v) is 17.5. The van der Waals surface area contributed by atoms with Gasteiger partial charge in [0.1, 0.15) is 11.3 Å². The molecule has 148 valence electrons. The minimum atomic E-state index is -0.716. The van der Waals surface area contributed by atoms with E-state index in [0.717, 1.165) is 27.9 Å². The highest BCUT2D eigenvalue weighted by atomic mass is 32.2. The molecule has 3 rings (SSSR count). The molecule has 0 atom stereocenters. The number of benzene rings is 2. The average molecular weight is 422 g/mol. The SMILES string of the molecule is Cc1ccc(SCC(=O)N(CCN(C)C)c2nc3c(F)cc(F)cc3s2)cc1. The molecule has 0 saturated carbocycles. The van der Waals surface area contributed by atoms with Gasteiger partial charge < -0.3 is 4.90 Å². The minimum absolute atomic E-state index is 0.0928. The molecule has 28 heavy (non-hydrogen) atoms. The topological polar surface area (TPSA) is 36.4 Å². The Morgan fingerprint density at radius 3 is 2.54 bits per heavy atom. The van der Waals surface area contributed by atoms with Crippen LogP contribution in [0.2, 0.25) is 0 Å². The Labute approximate surface area is 171 Å². The van der Waals surface area contributed by atoms with Crippen molar-refractivity contribution >= 4 is 44.4 Å². The van der Waals surface area contributed by atoms with Gasteiger partial charge >= 0.3 is 0 Å². The second-order valence-electron chi connectivity index (χ2n) is 6.68. The summed E-state index contributed by atoms with van der Waals surface area (Å²) in [6.45, 7) is 3.07. The van der Waals surface area contributed by atoms with Crippen molar-refractivity contribution < 1.29 is 13.6 Å². The number of hydrogen-bond acceptors (Lipinski definition) is 5. The zero-order valence-electron chi connectivity index (χ0n) is 15.9. The van der Waals surface area contributed by atoms with Gasteiger partial charge in [0.25, 0.3) is 0 Å². The average Bonchev–Trinajstić information content (AvgIpc) is 3.05. The van der Waals surface area contributed by atoms with E-state index in [-0.39, 0.29) is 17.2 Å². The van der Waals surface area contributed by atoms with Crippen LogP contribution in [0.25, 0.3) is 10.2 Å². The van der Waals surface area contributed by atoms with Crippen molar-refractivity contribution in [1.82, 2.24) is 9.88 Å². The van der Waals surface area contributed by atoms with E-state index in [0.29, 0.717) is 22.9 Å². The van der Waals surface area contributed by atoms with Gasteiger partial charge in [-0.15, -0.1) is 11.8 Å². The molecule has 0 bridgehead atoms. The van der Waals surface area contributed by atoms with Crippen molar-refractivity contribution in [3.8, 4) is 0 Å². The van der Waals surface area contributed by atoms with Gasteiger partial charge in [-0.2, -0.15) is 0 Å². The van der Waals surface area contributed by atoms with Crippen molar-refractivity contribution in [2.24, 2.45) is 0 Å². The Morgan fingerprint density at radius 1 is 1.14 bits per heavy atom. The molecule has 0 aliphatic rings. The largest absolute Gasteiger partial charge is 0.308 e. The van der Waals surface area contributed by atoms with Crippen molar-refractivity contribution in [2.45, 2.75) is 11.8 Å². The minimum Gasteiger partial charge on any atom is -0.308 e. The molecule has 0 aliphatic carbocycles. The molecule has 0 saturated heterocycles. The number of aryl methyl sites for hydroxylation is 1. The van der Waals surface area contributed by atoms with Crippen LogP contribution in [0.3, 0.4) is 0 Å². The lowest BCUT2D eigenvalue weighted by Crippen LogP contribution is -2.37. The van der Waals surface area contributed by atoms with Gasteiger partial charge in [-0.25, -0.2) is 13.8 Å². The third-order valence-electron chi connectivity index (χ3n) is 4.09. The highest BCUT2D eigenvalue weighted by Gasteiger charge is 2.21. The maximum Gasteiger partial charge on any atom is 0.239 e. The number of nitrogens with zero attached hydrogens (tertiary/aromatic N) is 3. The lowest BCUT2D eigenvalue weighted by atomic mass is 10.2. The fraction of sp³-hybridized carbons (Fsp3) is 0.300. The molecule has 0 unspecified atom stereocenters. The van der Waals surface area contributed by atoms with E-state index in [4.69, 9.17) is 0 Å². The number of anilines is 1. The first-order valence-corrected chi connectivity index (χ1v) is 10.5.